The van der Waals surface area contributed by atoms with E-state index in [2.05, 4.69) is 9.97 Å². The molecule has 51 heavy (non-hydrogen) atoms. The van der Waals surface area contributed by atoms with Crippen LogP contribution in [0.25, 0.3) is 21.8 Å². The number of nitrogen functional groups attached to an aromatic ring is 1. The molecule has 3 aromatic carbocycles. The summed E-state index contributed by atoms with van der Waals surface area (Å²) < 4.78 is 0. The smallest absolute Gasteiger partial charge is 0.337 e. The van der Waals surface area contributed by atoms with Gasteiger partial charge in [0.1, 0.15) is 0 Å². The summed E-state index contributed by atoms with van der Waals surface area (Å²) in [5.41, 5.74) is 11.0. The van der Waals surface area contributed by atoms with Crippen molar-refractivity contribution in [2.24, 2.45) is 0 Å². The molecular formula is C38H36ClN3O9. The van der Waals surface area contributed by atoms with Crippen LogP contribution in [0.2, 0.25) is 5.02 Å². The monoisotopic (exact) mass is 713 g/mol. The first kappa shape index (κ1) is 36.5. The standard InChI is InChI=1S/C15H14ClNO2.C15H15NO3.C8H7NO4/c16-14-10-4-2-1-3-5-12(10)17-13-8-9(15(18)19)6-7-11(13)14;17-14-10-4-2-1-3-5-12(10)16-13-8-9(15(18)19)6-7-11(13)14;9-6-3-4(7(10)11)1-2-5(6)8(12)13/h6-8H,1-5H2,(H,18,19);6-8H,1-5H2,(H,16,17)(H,18,19);1-3H,9H2,(H,10,11)(H,12,13). The fourth-order valence-corrected chi connectivity index (χ4v) is 6.71. The lowest BCUT2D eigenvalue weighted by atomic mass is 10.0. The number of hydrogen-bond acceptors (Lipinski definition) is 7. The number of rotatable bonds is 4. The van der Waals surface area contributed by atoms with Gasteiger partial charge in [-0.1, -0.05) is 30.5 Å². The summed E-state index contributed by atoms with van der Waals surface area (Å²) >= 11 is 6.48. The molecule has 7 N–H and O–H groups in total. The number of anilines is 1. The zero-order chi connectivity index (χ0) is 36.8. The summed E-state index contributed by atoms with van der Waals surface area (Å²) in [5, 5.41) is 37.3. The molecule has 0 spiro atoms. The van der Waals surface area contributed by atoms with E-state index in [0.717, 1.165) is 96.8 Å². The Labute approximate surface area is 296 Å². The molecule has 0 unspecified atom stereocenters. The number of aromatic carboxylic acids is 4. The van der Waals surface area contributed by atoms with Gasteiger partial charge in [-0.25, -0.2) is 19.2 Å². The Bertz CT molecular complexity index is 2250. The molecule has 0 saturated carbocycles. The van der Waals surface area contributed by atoms with Gasteiger partial charge in [0.05, 0.1) is 38.3 Å². The van der Waals surface area contributed by atoms with Gasteiger partial charge in [0.15, 0.2) is 5.43 Å². The van der Waals surface area contributed by atoms with Gasteiger partial charge < -0.3 is 31.1 Å². The highest BCUT2D eigenvalue weighted by Gasteiger charge is 2.18. The van der Waals surface area contributed by atoms with E-state index in [-0.39, 0.29) is 33.4 Å². The molecule has 13 heteroatoms. The highest BCUT2D eigenvalue weighted by Crippen LogP contribution is 2.32. The van der Waals surface area contributed by atoms with Crippen LogP contribution in [0, 0.1) is 0 Å². The first-order valence-corrected chi connectivity index (χ1v) is 16.8. The topological polar surface area (TPSA) is 221 Å². The number of aryl methyl sites for hydroxylation is 2. The molecule has 12 nitrogen and oxygen atoms in total. The Balaban J connectivity index is 0.000000152. The van der Waals surface area contributed by atoms with Crippen LogP contribution in [0.5, 0.6) is 0 Å². The molecule has 2 aliphatic rings. The molecule has 2 heterocycles. The highest BCUT2D eigenvalue weighted by atomic mass is 35.5. The van der Waals surface area contributed by atoms with E-state index in [0.29, 0.717) is 16.4 Å². The maximum Gasteiger partial charge on any atom is 0.337 e. The van der Waals surface area contributed by atoms with Crippen molar-refractivity contribution < 1.29 is 39.6 Å². The number of fused-ring (bicyclic) bond motifs is 4. The fourth-order valence-electron chi connectivity index (χ4n) is 6.34. The van der Waals surface area contributed by atoms with Gasteiger partial charge in [-0.05, 0) is 105 Å². The molecule has 0 radical (unpaired) electrons. The zero-order valence-electron chi connectivity index (χ0n) is 27.5. The number of carboxylic acid groups (broad SMARTS) is 4. The molecule has 2 aliphatic carbocycles. The first-order valence-electron chi connectivity index (χ1n) is 16.5. The summed E-state index contributed by atoms with van der Waals surface area (Å²) in [5.74, 6) is -4.22. The predicted octanol–water partition coefficient (Wildman–Crippen LogP) is 7.02. The number of nitrogens with two attached hydrogens (primary N) is 1. The van der Waals surface area contributed by atoms with E-state index in [9.17, 15) is 24.0 Å². The minimum absolute atomic E-state index is 0.0255. The van der Waals surface area contributed by atoms with Crippen molar-refractivity contribution in [3.63, 3.8) is 0 Å². The average Bonchev–Trinajstić information content (AvgIpc) is 3.49. The van der Waals surface area contributed by atoms with Crippen molar-refractivity contribution in [2.45, 2.75) is 64.2 Å². The second-order valence-electron chi connectivity index (χ2n) is 12.4. The molecule has 0 amide bonds. The number of pyridine rings is 2. The van der Waals surface area contributed by atoms with Crippen LogP contribution >= 0.6 is 11.6 Å². The lowest BCUT2D eigenvalue weighted by Crippen LogP contribution is -2.14. The maximum absolute atomic E-state index is 12.4. The van der Waals surface area contributed by atoms with Gasteiger partial charge in [0.25, 0.3) is 0 Å². The SMILES string of the molecule is Nc1cc(C(=O)O)ccc1C(=O)O.O=C(O)c1ccc2c(=O)c3c([nH]c2c1)CCCCC3.O=C(O)c1ccc2c(Cl)c3c(nc2c1)CCCCC3. The van der Waals surface area contributed by atoms with Crippen molar-refractivity contribution in [3.8, 4) is 0 Å². The van der Waals surface area contributed by atoms with Crippen LogP contribution in [-0.4, -0.2) is 54.3 Å². The number of carbonyl (C=O) groups is 4. The Morgan fingerprint density at radius 1 is 0.647 bits per heavy atom. The van der Waals surface area contributed by atoms with Crippen LogP contribution < -0.4 is 11.2 Å². The van der Waals surface area contributed by atoms with Crippen molar-refractivity contribution in [1.82, 2.24) is 9.97 Å². The number of aromatic nitrogens is 2. The molecule has 0 saturated heterocycles. The number of nitrogens with one attached hydrogen (secondary N) is 1. The second-order valence-corrected chi connectivity index (χ2v) is 12.8. The number of nitrogens with zero attached hydrogens (tertiary/aromatic N) is 1. The summed E-state index contributed by atoms with van der Waals surface area (Å²) in [6, 6.07) is 13.1. The Morgan fingerprint density at radius 3 is 1.82 bits per heavy atom. The number of carboxylic acids is 4. The van der Waals surface area contributed by atoms with Gasteiger partial charge in [-0.3, -0.25) is 9.78 Å². The summed E-state index contributed by atoms with van der Waals surface area (Å²) in [7, 11) is 0. The molecular weight excluding hydrogens is 678 g/mol. The van der Waals surface area contributed by atoms with Crippen LogP contribution in [0.15, 0.2) is 59.4 Å². The Hall–Kier alpha value is -5.75. The number of aromatic amines is 1. The van der Waals surface area contributed by atoms with Crippen LogP contribution in [0.3, 0.4) is 0 Å². The first-order chi connectivity index (χ1) is 24.3. The van der Waals surface area contributed by atoms with E-state index in [4.69, 9.17) is 37.8 Å². The molecule has 0 fully saturated rings. The summed E-state index contributed by atoms with van der Waals surface area (Å²) in [4.78, 5) is 63.2. The van der Waals surface area contributed by atoms with Crippen molar-refractivity contribution in [3.05, 3.63) is 115 Å². The Kier molecular flexibility index (Phi) is 11.4. The number of H-pyrrole nitrogens is 1. The van der Waals surface area contributed by atoms with Crippen molar-refractivity contribution in [2.75, 3.05) is 5.73 Å². The molecule has 264 valence electrons. The van der Waals surface area contributed by atoms with Gasteiger partial charge in [0.2, 0.25) is 0 Å². The zero-order valence-corrected chi connectivity index (χ0v) is 28.3. The number of benzene rings is 3. The largest absolute Gasteiger partial charge is 0.478 e. The lowest BCUT2D eigenvalue weighted by Gasteiger charge is -2.11. The molecule has 7 rings (SSSR count). The average molecular weight is 714 g/mol. The van der Waals surface area contributed by atoms with Crippen LogP contribution in [0.4, 0.5) is 5.69 Å². The van der Waals surface area contributed by atoms with Crippen molar-refractivity contribution in [1.29, 1.82) is 0 Å². The summed E-state index contributed by atoms with van der Waals surface area (Å²) in [6.45, 7) is 0. The second kappa shape index (κ2) is 15.9. The minimum Gasteiger partial charge on any atom is -0.478 e. The maximum atomic E-state index is 12.4. The quantitative estimate of drug-likeness (QED) is 0.0820. The van der Waals surface area contributed by atoms with Gasteiger partial charge in [-0.15, -0.1) is 0 Å². The number of hydrogen-bond donors (Lipinski definition) is 6. The Morgan fingerprint density at radius 2 is 1.20 bits per heavy atom. The molecule has 0 atom stereocenters. The van der Waals surface area contributed by atoms with Gasteiger partial charge >= 0.3 is 23.9 Å². The number of halogens is 1. The lowest BCUT2D eigenvalue weighted by molar-refractivity contribution is 0.0682. The van der Waals surface area contributed by atoms with E-state index in [1.54, 1.807) is 30.3 Å². The van der Waals surface area contributed by atoms with E-state index in [1.165, 1.54) is 24.6 Å². The minimum atomic E-state index is -1.17. The third-order valence-corrected chi connectivity index (χ3v) is 9.44. The van der Waals surface area contributed by atoms with Crippen LogP contribution in [0.1, 0.15) is 102 Å². The van der Waals surface area contributed by atoms with E-state index >= 15 is 0 Å². The molecule has 0 aliphatic heterocycles. The molecule has 2 aromatic heterocycles. The molecule has 0 bridgehead atoms. The predicted molar refractivity (Wildman–Crippen MR) is 193 cm³/mol. The normalized spacial score (nSPS) is 13.6. The van der Waals surface area contributed by atoms with Gasteiger partial charge in [-0.2, -0.15) is 0 Å². The molecule has 5 aromatic rings. The van der Waals surface area contributed by atoms with Crippen molar-refractivity contribution >= 4 is 63.0 Å². The van der Waals surface area contributed by atoms with E-state index < -0.39 is 23.9 Å². The fraction of sp³-hybridized carbons (Fsp3) is 0.263. The van der Waals surface area contributed by atoms with E-state index in [1.807, 2.05) is 0 Å². The third kappa shape index (κ3) is 8.35. The third-order valence-electron chi connectivity index (χ3n) is 9.01. The van der Waals surface area contributed by atoms with Gasteiger partial charge in [0, 0.05) is 33.4 Å². The summed E-state index contributed by atoms with van der Waals surface area (Å²) in [6.07, 6.45) is 10.3. The van der Waals surface area contributed by atoms with Crippen LogP contribution in [-0.2, 0) is 25.7 Å². The highest BCUT2D eigenvalue weighted by molar-refractivity contribution is 6.36.